The predicted molar refractivity (Wildman–Crippen MR) is 131 cm³/mol. The highest BCUT2D eigenvalue weighted by molar-refractivity contribution is 5.95. The van der Waals surface area contributed by atoms with Crippen LogP contribution in [0, 0.1) is 5.82 Å². The Hall–Kier alpha value is -4.14. The molecule has 2 aromatic carbocycles. The van der Waals surface area contributed by atoms with E-state index in [0.717, 1.165) is 35.3 Å². The lowest BCUT2D eigenvalue weighted by atomic mass is 9.89. The molecule has 1 aliphatic rings. The maximum atomic E-state index is 14.0. The van der Waals surface area contributed by atoms with E-state index in [2.05, 4.69) is 15.2 Å². The lowest BCUT2D eigenvalue weighted by Crippen LogP contribution is -2.39. The largest absolute Gasteiger partial charge is 0.347 e. The van der Waals surface area contributed by atoms with Crippen molar-refractivity contribution < 1.29 is 9.18 Å². The van der Waals surface area contributed by atoms with E-state index in [4.69, 9.17) is 4.98 Å². The van der Waals surface area contributed by atoms with Gasteiger partial charge >= 0.3 is 0 Å². The van der Waals surface area contributed by atoms with E-state index in [9.17, 15) is 9.18 Å². The smallest absolute Gasteiger partial charge is 0.253 e. The molecule has 1 atom stereocenters. The Kier molecular flexibility index (Phi) is 6.22. The number of carbonyl (C=O) groups excluding carboxylic acids is 1. The standard InChI is InChI=1S/C26H26FN7O/c1-32(2)26-28-14-23(18-6-3-9-21(27)12-18)24(31-26)20-8-5-11-33(15-20)25(35)19-7-4-10-22(13-19)34-16-29-30-17-34/h3-4,6-7,9-10,12-14,16-17,20H,5,8,11,15H2,1-2H3/t20-/m0/s1. The van der Waals surface area contributed by atoms with Crippen LogP contribution in [0.2, 0.25) is 0 Å². The first-order valence-corrected chi connectivity index (χ1v) is 11.5. The van der Waals surface area contributed by atoms with Crippen molar-refractivity contribution in [2.24, 2.45) is 0 Å². The summed E-state index contributed by atoms with van der Waals surface area (Å²) in [5.74, 6) is 0.260. The van der Waals surface area contributed by atoms with Gasteiger partial charge in [-0.15, -0.1) is 10.2 Å². The van der Waals surface area contributed by atoms with Crippen molar-refractivity contribution in [1.82, 2.24) is 29.6 Å². The van der Waals surface area contributed by atoms with E-state index >= 15 is 0 Å². The van der Waals surface area contributed by atoms with Gasteiger partial charge in [0.1, 0.15) is 18.5 Å². The Bertz CT molecular complexity index is 1340. The summed E-state index contributed by atoms with van der Waals surface area (Å²) < 4.78 is 15.8. The number of anilines is 1. The first kappa shape index (κ1) is 22.6. The minimum atomic E-state index is -0.307. The van der Waals surface area contributed by atoms with Crippen LogP contribution in [-0.2, 0) is 0 Å². The number of piperidine rings is 1. The summed E-state index contributed by atoms with van der Waals surface area (Å²) in [6, 6.07) is 13.9. The summed E-state index contributed by atoms with van der Waals surface area (Å²) in [6.07, 6.45) is 6.70. The summed E-state index contributed by atoms with van der Waals surface area (Å²) in [4.78, 5) is 26.5. The molecule has 0 aliphatic carbocycles. The van der Waals surface area contributed by atoms with E-state index in [1.165, 1.54) is 12.1 Å². The van der Waals surface area contributed by atoms with E-state index in [1.54, 1.807) is 29.5 Å². The molecule has 1 amide bonds. The van der Waals surface area contributed by atoms with Crippen LogP contribution in [0.4, 0.5) is 10.3 Å². The van der Waals surface area contributed by atoms with Crippen molar-refractivity contribution in [3.8, 4) is 16.8 Å². The molecule has 1 fully saturated rings. The molecule has 0 radical (unpaired) electrons. The Balaban J connectivity index is 1.45. The van der Waals surface area contributed by atoms with Crippen molar-refractivity contribution >= 4 is 11.9 Å². The molecule has 4 aromatic rings. The molecule has 3 heterocycles. The molecule has 5 rings (SSSR count). The van der Waals surface area contributed by atoms with Gasteiger partial charge in [-0.1, -0.05) is 18.2 Å². The van der Waals surface area contributed by atoms with E-state index in [0.29, 0.717) is 24.6 Å². The zero-order chi connectivity index (χ0) is 24.4. The molecule has 1 aliphatic heterocycles. The van der Waals surface area contributed by atoms with Gasteiger partial charge < -0.3 is 9.80 Å². The van der Waals surface area contributed by atoms with Crippen LogP contribution in [-0.4, -0.2) is 62.7 Å². The van der Waals surface area contributed by atoms with E-state index in [1.807, 2.05) is 54.2 Å². The molecular weight excluding hydrogens is 445 g/mol. The third-order valence-electron chi connectivity index (χ3n) is 6.25. The molecule has 0 unspecified atom stereocenters. The summed E-state index contributed by atoms with van der Waals surface area (Å²) in [5, 5.41) is 7.69. The van der Waals surface area contributed by atoms with Gasteiger partial charge in [0, 0.05) is 56.1 Å². The molecule has 0 N–H and O–H groups in total. The number of benzene rings is 2. The number of hydrogen-bond acceptors (Lipinski definition) is 6. The summed E-state index contributed by atoms with van der Waals surface area (Å²) in [7, 11) is 3.78. The topological polar surface area (TPSA) is 80.0 Å². The molecule has 2 aromatic heterocycles. The summed E-state index contributed by atoms with van der Waals surface area (Å²) >= 11 is 0. The van der Waals surface area contributed by atoms with Crippen LogP contribution in [0.1, 0.15) is 34.8 Å². The molecule has 8 nitrogen and oxygen atoms in total. The number of hydrogen-bond donors (Lipinski definition) is 0. The van der Waals surface area contributed by atoms with Crippen molar-refractivity contribution in [3.05, 3.63) is 84.5 Å². The van der Waals surface area contributed by atoms with Crippen LogP contribution < -0.4 is 4.90 Å². The fourth-order valence-corrected chi connectivity index (χ4v) is 4.49. The average molecular weight is 472 g/mol. The molecule has 0 saturated carbocycles. The van der Waals surface area contributed by atoms with Crippen molar-refractivity contribution in [1.29, 1.82) is 0 Å². The van der Waals surface area contributed by atoms with Crippen LogP contribution >= 0.6 is 0 Å². The van der Waals surface area contributed by atoms with Crippen molar-refractivity contribution in [3.63, 3.8) is 0 Å². The van der Waals surface area contributed by atoms with Crippen molar-refractivity contribution in [2.45, 2.75) is 18.8 Å². The zero-order valence-electron chi connectivity index (χ0n) is 19.7. The van der Waals surface area contributed by atoms with Gasteiger partial charge in [-0.05, 0) is 48.7 Å². The lowest BCUT2D eigenvalue weighted by molar-refractivity contribution is 0.0706. The third kappa shape index (κ3) is 4.75. The summed E-state index contributed by atoms with van der Waals surface area (Å²) in [6.45, 7) is 1.20. The monoisotopic (exact) mass is 471 g/mol. The maximum absolute atomic E-state index is 14.0. The number of halogens is 1. The molecule has 178 valence electrons. The highest BCUT2D eigenvalue weighted by atomic mass is 19.1. The second-order valence-electron chi connectivity index (χ2n) is 8.88. The normalized spacial score (nSPS) is 15.7. The molecule has 0 spiro atoms. The number of aromatic nitrogens is 5. The minimum Gasteiger partial charge on any atom is -0.347 e. The molecule has 0 bridgehead atoms. The van der Waals surface area contributed by atoms with Crippen LogP contribution in [0.3, 0.4) is 0 Å². The Morgan fingerprint density at radius 3 is 2.66 bits per heavy atom. The Morgan fingerprint density at radius 1 is 1.09 bits per heavy atom. The van der Waals surface area contributed by atoms with Gasteiger partial charge in [-0.25, -0.2) is 14.4 Å². The number of likely N-dealkylation sites (tertiary alicyclic amines) is 1. The van der Waals surface area contributed by atoms with Gasteiger partial charge in [-0.3, -0.25) is 9.36 Å². The van der Waals surface area contributed by atoms with E-state index < -0.39 is 0 Å². The second kappa shape index (κ2) is 9.61. The van der Waals surface area contributed by atoms with Gasteiger partial charge in [0.2, 0.25) is 5.95 Å². The summed E-state index contributed by atoms with van der Waals surface area (Å²) in [5.41, 5.74) is 3.80. The second-order valence-corrected chi connectivity index (χ2v) is 8.88. The fourth-order valence-electron chi connectivity index (χ4n) is 4.49. The average Bonchev–Trinajstić information content (AvgIpc) is 3.43. The fraction of sp³-hybridized carbons (Fsp3) is 0.269. The van der Waals surface area contributed by atoms with Crippen molar-refractivity contribution in [2.75, 3.05) is 32.1 Å². The highest BCUT2D eigenvalue weighted by Crippen LogP contribution is 2.34. The maximum Gasteiger partial charge on any atom is 0.253 e. The number of nitrogens with zero attached hydrogens (tertiary/aromatic N) is 7. The zero-order valence-corrected chi connectivity index (χ0v) is 19.7. The van der Waals surface area contributed by atoms with Gasteiger partial charge in [-0.2, -0.15) is 0 Å². The quantitative estimate of drug-likeness (QED) is 0.439. The number of carbonyl (C=O) groups is 1. The predicted octanol–water partition coefficient (Wildman–Crippen LogP) is 3.95. The van der Waals surface area contributed by atoms with Crippen LogP contribution in [0.5, 0.6) is 0 Å². The minimum absolute atomic E-state index is 0.00805. The van der Waals surface area contributed by atoms with Crippen LogP contribution in [0.25, 0.3) is 16.8 Å². The molecule has 35 heavy (non-hydrogen) atoms. The Labute approximate surface area is 203 Å². The number of amides is 1. The lowest BCUT2D eigenvalue weighted by Gasteiger charge is -2.33. The Morgan fingerprint density at radius 2 is 1.89 bits per heavy atom. The molecular formula is C26H26FN7O. The van der Waals surface area contributed by atoms with Crippen LogP contribution in [0.15, 0.2) is 67.4 Å². The number of rotatable bonds is 5. The molecule has 1 saturated heterocycles. The first-order chi connectivity index (χ1) is 17.0. The van der Waals surface area contributed by atoms with E-state index in [-0.39, 0.29) is 17.6 Å². The van der Waals surface area contributed by atoms with Gasteiger partial charge in [0.05, 0.1) is 5.69 Å². The van der Waals surface area contributed by atoms with Gasteiger partial charge in [0.15, 0.2) is 0 Å². The first-order valence-electron chi connectivity index (χ1n) is 11.5. The molecule has 9 heteroatoms. The van der Waals surface area contributed by atoms with Gasteiger partial charge in [0.25, 0.3) is 5.91 Å². The highest BCUT2D eigenvalue weighted by Gasteiger charge is 2.29. The third-order valence-corrected chi connectivity index (χ3v) is 6.25. The SMILES string of the molecule is CN(C)c1ncc(-c2cccc(F)c2)c([C@H]2CCCN(C(=O)c3cccc(-n4cnnc4)c3)C2)n1.